The molecule has 0 unspecified atom stereocenters. The number of hydrogen-bond donors (Lipinski definition) is 1. The van der Waals surface area contributed by atoms with Gasteiger partial charge in [-0.1, -0.05) is 0 Å². The molecule has 1 rings (SSSR count). The van der Waals surface area contributed by atoms with Gasteiger partial charge in [0.25, 0.3) is 0 Å². The third-order valence-electron chi connectivity index (χ3n) is 1.63. The normalized spacial score (nSPS) is 11.7. The van der Waals surface area contributed by atoms with Crippen LogP contribution in [0.25, 0.3) is 0 Å². The molecule has 1 heterocycles. The van der Waals surface area contributed by atoms with E-state index in [0.717, 1.165) is 0 Å². The van der Waals surface area contributed by atoms with Gasteiger partial charge in [-0.2, -0.15) is 0 Å². The molecule has 0 fully saturated rings. The Labute approximate surface area is 71.4 Å². The SMILES string of the molecule is Cn1cncc1C(=O)C(C)(C)N. The molecule has 0 bridgehead atoms. The number of imidazole rings is 1. The van der Waals surface area contributed by atoms with Gasteiger partial charge >= 0.3 is 0 Å². The predicted octanol–water partition coefficient (Wildman–Crippen LogP) is 0.340. The van der Waals surface area contributed by atoms with Crippen molar-refractivity contribution in [2.45, 2.75) is 19.4 Å². The summed E-state index contributed by atoms with van der Waals surface area (Å²) in [5, 5.41) is 0. The number of ketones is 1. The summed E-state index contributed by atoms with van der Waals surface area (Å²) in [6.07, 6.45) is 3.11. The maximum absolute atomic E-state index is 11.6. The zero-order valence-electron chi connectivity index (χ0n) is 7.53. The Morgan fingerprint density at radius 2 is 2.25 bits per heavy atom. The molecule has 2 N–H and O–H groups in total. The number of hydrogen-bond acceptors (Lipinski definition) is 3. The second-order valence-electron chi connectivity index (χ2n) is 3.44. The average Bonchev–Trinajstić information content (AvgIpc) is 2.31. The van der Waals surface area contributed by atoms with Crippen LogP contribution in [0.2, 0.25) is 0 Å². The van der Waals surface area contributed by atoms with Gasteiger partial charge in [0.2, 0.25) is 0 Å². The Bertz CT molecular complexity index is 295. The maximum Gasteiger partial charge on any atom is 0.199 e. The molecule has 0 saturated carbocycles. The molecule has 0 saturated heterocycles. The van der Waals surface area contributed by atoms with E-state index in [0.29, 0.717) is 5.69 Å². The van der Waals surface area contributed by atoms with Crippen LogP contribution in [0.5, 0.6) is 0 Å². The van der Waals surface area contributed by atoms with Crippen molar-refractivity contribution < 1.29 is 4.79 Å². The largest absolute Gasteiger partial charge is 0.331 e. The van der Waals surface area contributed by atoms with Crippen LogP contribution in [-0.4, -0.2) is 20.9 Å². The smallest absolute Gasteiger partial charge is 0.199 e. The fourth-order valence-corrected chi connectivity index (χ4v) is 0.906. The monoisotopic (exact) mass is 167 g/mol. The molecule has 4 heteroatoms. The van der Waals surface area contributed by atoms with E-state index in [-0.39, 0.29) is 5.78 Å². The summed E-state index contributed by atoms with van der Waals surface area (Å²) in [5.41, 5.74) is 5.37. The highest BCUT2D eigenvalue weighted by Gasteiger charge is 2.25. The molecule has 0 amide bonds. The fraction of sp³-hybridized carbons (Fsp3) is 0.500. The summed E-state index contributed by atoms with van der Waals surface area (Å²) in [4.78, 5) is 15.4. The first-order valence-electron chi connectivity index (χ1n) is 3.73. The van der Waals surface area contributed by atoms with E-state index in [2.05, 4.69) is 4.98 Å². The van der Waals surface area contributed by atoms with Gasteiger partial charge in [0.1, 0.15) is 5.69 Å². The van der Waals surface area contributed by atoms with Crippen LogP contribution in [0.3, 0.4) is 0 Å². The van der Waals surface area contributed by atoms with Gasteiger partial charge in [-0.15, -0.1) is 0 Å². The minimum atomic E-state index is -0.826. The molecule has 0 aliphatic carbocycles. The van der Waals surface area contributed by atoms with Crippen molar-refractivity contribution in [3.05, 3.63) is 18.2 Å². The van der Waals surface area contributed by atoms with Crippen molar-refractivity contribution in [1.29, 1.82) is 0 Å². The number of aryl methyl sites for hydroxylation is 1. The first-order chi connectivity index (χ1) is 5.43. The molecular formula is C8H13N3O. The highest BCUT2D eigenvalue weighted by molar-refractivity contribution is 6.00. The van der Waals surface area contributed by atoms with Crippen LogP contribution in [-0.2, 0) is 7.05 Å². The molecule has 0 aliphatic heterocycles. The van der Waals surface area contributed by atoms with Gasteiger partial charge in [-0.3, -0.25) is 4.79 Å². The first-order valence-corrected chi connectivity index (χ1v) is 3.73. The van der Waals surface area contributed by atoms with E-state index in [4.69, 9.17) is 5.73 Å². The number of carbonyl (C=O) groups is 1. The van der Waals surface area contributed by atoms with E-state index in [1.54, 1.807) is 31.8 Å². The lowest BCUT2D eigenvalue weighted by molar-refractivity contribution is 0.0905. The van der Waals surface area contributed by atoms with Crippen molar-refractivity contribution in [3.8, 4) is 0 Å². The Hall–Kier alpha value is -1.16. The fourth-order valence-electron chi connectivity index (χ4n) is 0.906. The molecule has 0 radical (unpaired) electrons. The highest BCUT2D eigenvalue weighted by Crippen LogP contribution is 2.08. The predicted molar refractivity (Wildman–Crippen MR) is 45.8 cm³/mol. The van der Waals surface area contributed by atoms with E-state index < -0.39 is 5.54 Å². The Kier molecular flexibility index (Phi) is 2.02. The number of aromatic nitrogens is 2. The third-order valence-corrected chi connectivity index (χ3v) is 1.63. The summed E-state index contributed by atoms with van der Waals surface area (Å²) in [6.45, 7) is 3.37. The van der Waals surface area contributed by atoms with Crippen LogP contribution in [0.1, 0.15) is 24.3 Å². The van der Waals surface area contributed by atoms with E-state index >= 15 is 0 Å². The zero-order valence-corrected chi connectivity index (χ0v) is 7.53. The van der Waals surface area contributed by atoms with E-state index in [1.165, 1.54) is 6.20 Å². The lowest BCUT2D eigenvalue weighted by Gasteiger charge is -2.16. The van der Waals surface area contributed by atoms with Crippen molar-refractivity contribution in [1.82, 2.24) is 9.55 Å². The molecule has 0 aliphatic rings. The quantitative estimate of drug-likeness (QED) is 0.646. The van der Waals surface area contributed by atoms with E-state index in [1.807, 2.05) is 0 Å². The molecule has 66 valence electrons. The molecule has 0 atom stereocenters. The summed E-state index contributed by atoms with van der Waals surface area (Å²) in [6, 6.07) is 0. The molecule has 4 nitrogen and oxygen atoms in total. The van der Waals surface area contributed by atoms with Crippen LogP contribution in [0.4, 0.5) is 0 Å². The van der Waals surface area contributed by atoms with Gasteiger partial charge in [0, 0.05) is 7.05 Å². The molecule has 0 aromatic carbocycles. The average molecular weight is 167 g/mol. The van der Waals surface area contributed by atoms with Gasteiger partial charge in [0.05, 0.1) is 18.1 Å². The van der Waals surface area contributed by atoms with Crippen molar-refractivity contribution in [2.75, 3.05) is 0 Å². The Balaban J connectivity index is 3.01. The topological polar surface area (TPSA) is 60.9 Å². The number of nitrogens with two attached hydrogens (primary N) is 1. The van der Waals surface area contributed by atoms with Gasteiger partial charge in [-0.05, 0) is 13.8 Å². The van der Waals surface area contributed by atoms with Crippen LogP contribution < -0.4 is 5.73 Å². The van der Waals surface area contributed by atoms with Crippen LogP contribution >= 0.6 is 0 Å². The maximum atomic E-state index is 11.6. The lowest BCUT2D eigenvalue weighted by atomic mass is 9.99. The van der Waals surface area contributed by atoms with Gasteiger partial charge in [-0.25, -0.2) is 4.98 Å². The minimum Gasteiger partial charge on any atom is -0.331 e. The second kappa shape index (κ2) is 2.71. The molecule has 1 aromatic rings. The first kappa shape index (κ1) is 8.93. The highest BCUT2D eigenvalue weighted by atomic mass is 16.1. The molecular weight excluding hydrogens is 154 g/mol. The lowest BCUT2D eigenvalue weighted by Crippen LogP contribution is -2.42. The van der Waals surface area contributed by atoms with Gasteiger partial charge in [0.15, 0.2) is 5.78 Å². The van der Waals surface area contributed by atoms with Crippen molar-refractivity contribution >= 4 is 5.78 Å². The zero-order chi connectivity index (χ0) is 9.35. The number of rotatable bonds is 2. The Morgan fingerprint density at radius 1 is 1.67 bits per heavy atom. The third kappa shape index (κ3) is 1.53. The van der Waals surface area contributed by atoms with Crippen LogP contribution in [0.15, 0.2) is 12.5 Å². The van der Waals surface area contributed by atoms with Crippen LogP contribution in [0, 0.1) is 0 Å². The standard InChI is InChI=1S/C8H13N3O/c1-8(2,9)7(12)6-4-10-5-11(6)3/h4-5H,9H2,1-3H3. The number of Topliss-reactive ketones (excluding diaryl/α,β-unsaturated/α-hetero) is 1. The summed E-state index contributed by atoms with van der Waals surface area (Å²) >= 11 is 0. The van der Waals surface area contributed by atoms with Crippen molar-refractivity contribution in [2.24, 2.45) is 12.8 Å². The Morgan fingerprint density at radius 3 is 2.58 bits per heavy atom. The molecule has 1 aromatic heterocycles. The summed E-state index contributed by atoms with van der Waals surface area (Å²) in [7, 11) is 1.77. The molecule has 12 heavy (non-hydrogen) atoms. The summed E-state index contributed by atoms with van der Waals surface area (Å²) in [5.74, 6) is -0.0949. The van der Waals surface area contributed by atoms with E-state index in [9.17, 15) is 4.79 Å². The molecule has 0 spiro atoms. The number of nitrogens with zero attached hydrogens (tertiary/aromatic N) is 2. The number of carbonyl (C=O) groups excluding carboxylic acids is 1. The minimum absolute atomic E-state index is 0.0949. The second-order valence-corrected chi connectivity index (χ2v) is 3.44. The summed E-state index contributed by atoms with van der Waals surface area (Å²) < 4.78 is 1.66. The van der Waals surface area contributed by atoms with Gasteiger partial charge < -0.3 is 10.3 Å². The van der Waals surface area contributed by atoms with Crippen molar-refractivity contribution in [3.63, 3.8) is 0 Å².